The minimum absolute atomic E-state index is 0.347. The van der Waals surface area contributed by atoms with E-state index in [9.17, 15) is 4.79 Å². The van der Waals surface area contributed by atoms with Crippen LogP contribution in [0.2, 0.25) is 0 Å². The Balaban J connectivity index is 1.57. The fraction of sp³-hybridized carbons (Fsp3) is 0.963. The number of hydrogen-bond donors (Lipinski definition) is 1. The van der Waals surface area contributed by atoms with Crippen LogP contribution in [-0.4, -0.2) is 11.1 Å². The average Bonchev–Trinajstić information content (AvgIpc) is 3.02. The van der Waals surface area contributed by atoms with Gasteiger partial charge in [-0.1, -0.05) is 47.5 Å². The topological polar surface area (TPSA) is 37.3 Å². The molecule has 4 saturated carbocycles. The first-order valence-corrected chi connectivity index (χ1v) is 12.9. The molecule has 0 aliphatic heterocycles. The van der Waals surface area contributed by atoms with Gasteiger partial charge in [-0.3, -0.25) is 4.79 Å². The van der Waals surface area contributed by atoms with Crippen molar-refractivity contribution < 1.29 is 9.90 Å². The van der Waals surface area contributed by atoms with Gasteiger partial charge in [-0.15, -0.1) is 0 Å². The molecule has 0 aromatic carbocycles. The van der Waals surface area contributed by atoms with Crippen LogP contribution in [0.4, 0.5) is 0 Å². The van der Waals surface area contributed by atoms with Crippen LogP contribution in [0.5, 0.6) is 0 Å². The Morgan fingerprint density at radius 1 is 0.931 bits per heavy atom. The van der Waals surface area contributed by atoms with Crippen LogP contribution in [0, 0.1) is 51.8 Å². The van der Waals surface area contributed by atoms with Crippen molar-refractivity contribution in [2.24, 2.45) is 51.8 Å². The molecular formula is C27H46O2. The molecule has 4 aliphatic rings. The van der Waals surface area contributed by atoms with Crippen molar-refractivity contribution in [3.8, 4) is 0 Å². The van der Waals surface area contributed by atoms with Crippen LogP contribution in [-0.2, 0) is 4.79 Å². The molecule has 4 aliphatic carbocycles. The van der Waals surface area contributed by atoms with E-state index in [4.69, 9.17) is 5.11 Å². The fourth-order valence-electron chi connectivity index (χ4n) is 10.1. The van der Waals surface area contributed by atoms with E-state index in [0.29, 0.717) is 28.6 Å². The molecule has 0 heterocycles. The van der Waals surface area contributed by atoms with Crippen LogP contribution in [0.1, 0.15) is 112 Å². The molecule has 0 saturated heterocycles. The summed E-state index contributed by atoms with van der Waals surface area (Å²) in [6, 6.07) is 0. The third-order valence-electron chi connectivity index (χ3n) is 11.6. The molecule has 0 radical (unpaired) electrons. The third kappa shape index (κ3) is 3.13. The highest BCUT2D eigenvalue weighted by Gasteiger charge is 2.64. The SMILES string of the molecule is CC(C)C12CCCCC1(C)C1CCC3(C)C(CCC3[C@H](C)CCC(=O)O)C1CC2. The molecule has 1 N–H and O–H groups in total. The quantitative estimate of drug-likeness (QED) is 0.515. The monoisotopic (exact) mass is 402 g/mol. The van der Waals surface area contributed by atoms with Gasteiger partial charge in [-0.2, -0.15) is 0 Å². The van der Waals surface area contributed by atoms with Gasteiger partial charge < -0.3 is 5.11 Å². The van der Waals surface area contributed by atoms with Gasteiger partial charge in [0.1, 0.15) is 0 Å². The molecule has 0 spiro atoms. The third-order valence-corrected chi connectivity index (χ3v) is 11.6. The number of carboxylic acid groups (broad SMARTS) is 1. The summed E-state index contributed by atoms with van der Waals surface area (Å²) in [5.74, 6) is 4.25. The molecule has 166 valence electrons. The molecule has 0 bridgehead atoms. The first-order valence-electron chi connectivity index (χ1n) is 12.9. The first kappa shape index (κ1) is 21.7. The maximum Gasteiger partial charge on any atom is 0.303 e. The summed E-state index contributed by atoms with van der Waals surface area (Å²) in [5.41, 5.74) is 1.60. The number of aliphatic carboxylic acids is 1. The summed E-state index contributed by atoms with van der Waals surface area (Å²) in [4.78, 5) is 11.1. The lowest BCUT2D eigenvalue weighted by Crippen LogP contribution is -2.59. The highest BCUT2D eigenvalue weighted by atomic mass is 16.4. The predicted molar refractivity (Wildman–Crippen MR) is 120 cm³/mol. The number of hydrogen-bond acceptors (Lipinski definition) is 1. The van der Waals surface area contributed by atoms with E-state index >= 15 is 0 Å². The van der Waals surface area contributed by atoms with Gasteiger partial charge >= 0.3 is 5.97 Å². The molecule has 29 heavy (non-hydrogen) atoms. The fourth-order valence-corrected chi connectivity index (χ4v) is 10.1. The summed E-state index contributed by atoms with van der Waals surface area (Å²) >= 11 is 0. The van der Waals surface area contributed by atoms with E-state index in [1.54, 1.807) is 0 Å². The van der Waals surface area contributed by atoms with Crippen LogP contribution in [0.3, 0.4) is 0 Å². The maximum absolute atomic E-state index is 11.1. The Morgan fingerprint density at radius 2 is 1.66 bits per heavy atom. The second-order valence-corrected chi connectivity index (χ2v) is 12.5. The number of carboxylic acids is 1. The molecule has 2 heteroatoms. The minimum Gasteiger partial charge on any atom is -0.481 e. The molecule has 7 unspecified atom stereocenters. The smallest absolute Gasteiger partial charge is 0.303 e. The van der Waals surface area contributed by atoms with Crippen LogP contribution in [0.15, 0.2) is 0 Å². The Hall–Kier alpha value is -0.530. The van der Waals surface area contributed by atoms with E-state index in [2.05, 4.69) is 34.6 Å². The van der Waals surface area contributed by atoms with E-state index in [0.717, 1.165) is 36.0 Å². The molecule has 0 aromatic heterocycles. The van der Waals surface area contributed by atoms with Crippen molar-refractivity contribution in [3.63, 3.8) is 0 Å². The van der Waals surface area contributed by atoms with Crippen molar-refractivity contribution in [1.82, 2.24) is 0 Å². The van der Waals surface area contributed by atoms with Crippen molar-refractivity contribution in [2.75, 3.05) is 0 Å². The van der Waals surface area contributed by atoms with Gasteiger partial charge in [0.15, 0.2) is 0 Å². The molecule has 4 rings (SSSR count). The normalized spacial score (nSPS) is 47.9. The van der Waals surface area contributed by atoms with Gasteiger partial charge in [0, 0.05) is 6.42 Å². The van der Waals surface area contributed by atoms with Crippen LogP contribution in [0.25, 0.3) is 0 Å². The Morgan fingerprint density at radius 3 is 2.34 bits per heavy atom. The van der Waals surface area contributed by atoms with Gasteiger partial charge in [-0.05, 0) is 110 Å². The highest BCUT2D eigenvalue weighted by molar-refractivity contribution is 5.66. The predicted octanol–water partition coefficient (Wildman–Crippen LogP) is 7.56. The molecule has 4 fully saturated rings. The standard InChI is InChI=1S/C27H46O2/c1-18(2)27-15-7-6-14-26(27,5)23-13-16-25(4)21(19(3)8-11-24(28)29)9-10-22(25)20(23)12-17-27/h18-23H,6-17H2,1-5H3,(H,28,29)/t19-,20?,21?,22?,23?,25?,26?,27?/m1/s1. The second kappa shape index (κ2) is 7.56. The largest absolute Gasteiger partial charge is 0.481 e. The highest BCUT2D eigenvalue weighted by Crippen LogP contribution is 2.72. The summed E-state index contributed by atoms with van der Waals surface area (Å²) in [6.07, 6.45) is 15.6. The molecule has 0 aromatic rings. The molecule has 8 atom stereocenters. The van der Waals surface area contributed by atoms with Gasteiger partial charge in [0.25, 0.3) is 0 Å². The van der Waals surface area contributed by atoms with Crippen LogP contribution >= 0.6 is 0 Å². The van der Waals surface area contributed by atoms with Crippen molar-refractivity contribution in [1.29, 1.82) is 0 Å². The first-order chi connectivity index (χ1) is 13.7. The zero-order valence-corrected chi connectivity index (χ0v) is 19.8. The Labute approximate surface area is 179 Å². The molecule has 2 nitrogen and oxygen atoms in total. The Bertz CT molecular complexity index is 626. The summed E-state index contributed by atoms with van der Waals surface area (Å²) in [5, 5.41) is 9.16. The summed E-state index contributed by atoms with van der Waals surface area (Å²) < 4.78 is 0. The number of fused-ring (bicyclic) bond motifs is 5. The van der Waals surface area contributed by atoms with Gasteiger partial charge in [-0.25, -0.2) is 0 Å². The van der Waals surface area contributed by atoms with Crippen molar-refractivity contribution in [2.45, 2.75) is 112 Å². The lowest BCUT2D eigenvalue weighted by molar-refractivity contribution is -0.179. The Kier molecular flexibility index (Phi) is 5.65. The van der Waals surface area contributed by atoms with Crippen LogP contribution < -0.4 is 0 Å². The van der Waals surface area contributed by atoms with Crippen molar-refractivity contribution >= 4 is 5.97 Å². The van der Waals surface area contributed by atoms with E-state index in [-0.39, 0.29) is 0 Å². The zero-order valence-electron chi connectivity index (χ0n) is 19.8. The van der Waals surface area contributed by atoms with E-state index in [1.165, 1.54) is 64.2 Å². The van der Waals surface area contributed by atoms with Crippen molar-refractivity contribution in [3.05, 3.63) is 0 Å². The number of rotatable bonds is 5. The number of carbonyl (C=O) groups is 1. The summed E-state index contributed by atoms with van der Waals surface area (Å²) in [6.45, 7) is 12.7. The van der Waals surface area contributed by atoms with E-state index in [1.807, 2.05) is 0 Å². The molecular weight excluding hydrogens is 356 g/mol. The van der Waals surface area contributed by atoms with Gasteiger partial charge in [0.05, 0.1) is 0 Å². The van der Waals surface area contributed by atoms with E-state index < -0.39 is 5.97 Å². The lowest BCUT2D eigenvalue weighted by Gasteiger charge is -2.67. The minimum atomic E-state index is -0.622. The maximum atomic E-state index is 11.1. The lowest BCUT2D eigenvalue weighted by atomic mass is 9.38. The zero-order chi connectivity index (χ0) is 21.0. The van der Waals surface area contributed by atoms with Gasteiger partial charge in [0.2, 0.25) is 0 Å². The average molecular weight is 403 g/mol. The second-order valence-electron chi connectivity index (χ2n) is 12.5. The molecule has 0 amide bonds. The summed E-state index contributed by atoms with van der Waals surface area (Å²) in [7, 11) is 0.